The van der Waals surface area contributed by atoms with Crippen LogP contribution >= 0.6 is 0 Å². The Balaban J connectivity index is 3.46. The van der Waals surface area contributed by atoms with Crippen LogP contribution < -0.4 is 4.72 Å². The Morgan fingerprint density at radius 2 is 1.29 bits per heavy atom. The van der Waals surface area contributed by atoms with Crippen molar-refractivity contribution in [3.05, 3.63) is 27.8 Å². The summed E-state index contributed by atoms with van der Waals surface area (Å²) in [5.41, 5.74) is 4.70. The van der Waals surface area contributed by atoms with Gasteiger partial charge in [-0.1, -0.05) is 13.8 Å². The van der Waals surface area contributed by atoms with Crippen LogP contribution in [0.2, 0.25) is 0 Å². The summed E-state index contributed by atoms with van der Waals surface area (Å²) in [6, 6.07) is -0.476. The number of aliphatic hydroxyl groups is 1. The molecule has 0 fully saturated rings. The number of rotatable bonds is 5. The first-order valence-corrected chi connectivity index (χ1v) is 8.73. The van der Waals surface area contributed by atoms with Gasteiger partial charge in [-0.2, -0.15) is 0 Å². The van der Waals surface area contributed by atoms with Crippen LogP contribution in [0.1, 0.15) is 41.7 Å². The number of sulfonamides is 1. The van der Waals surface area contributed by atoms with E-state index >= 15 is 0 Å². The van der Waals surface area contributed by atoms with E-state index in [-0.39, 0.29) is 12.5 Å². The van der Waals surface area contributed by atoms with Crippen LogP contribution in [0.25, 0.3) is 0 Å². The molecule has 1 aromatic carbocycles. The average molecular weight is 313 g/mol. The van der Waals surface area contributed by atoms with Crippen molar-refractivity contribution in [1.82, 2.24) is 4.72 Å². The lowest BCUT2D eigenvalue weighted by atomic mass is 9.95. The van der Waals surface area contributed by atoms with Crippen molar-refractivity contribution in [2.45, 2.75) is 59.4 Å². The number of nitrogens with one attached hydrogen (secondary N) is 1. The first-order chi connectivity index (χ1) is 9.54. The van der Waals surface area contributed by atoms with Crippen molar-refractivity contribution >= 4 is 10.0 Å². The highest BCUT2D eigenvalue weighted by Gasteiger charge is 2.27. The number of hydrogen-bond acceptors (Lipinski definition) is 3. The van der Waals surface area contributed by atoms with Crippen LogP contribution in [-0.2, 0) is 10.0 Å². The summed E-state index contributed by atoms with van der Waals surface area (Å²) in [6.45, 7) is 13.1. The van der Waals surface area contributed by atoms with Crippen molar-refractivity contribution in [3.63, 3.8) is 0 Å². The van der Waals surface area contributed by atoms with Gasteiger partial charge in [-0.15, -0.1) is 0 Å². The van der Waals surface area contributed by atoms with Crippen molar-refractivity contribution < 1.29 is 13.5 Å². The minimum absolute atomic E-state index is 0.0260. The van der Waals surface area contributed by atoms with E-state index < -0.39 is 16.1 Å². The largest absolute Gasteiger partial charge is 0.395 e. The first-order valence-electron chi connectivity index (χ1n) is 7.24. The summed E-state index contributed by atoms with van der Waals surface area (Å²) in [5.74, 6) is 0.0260. The Kier molecular flexibility index (Phi) is 5.58. The smallest absolute Gasteiger partial charge is 0.241 e. The Labute approximate surface area is 128 Å². The molecule has 0 amide bonds. The lowest BCUT2D eigenvalue weighted by molar-refractivity contribution is 0.227. The molecule has 1 unspecified atom stereocenters. The standard InChI is InChI=1S/C16H27NO3S/c1-9(2)15(8-18)17-21(19,20)16-13(6)11(4)10(3)12(5)14(16)7/h9,15,17-18H,8H2,1-7H3. The van der Waals surface area contributed by atoms with Gasteiger partial charge in [-0.3, -0.25) is 0 Å². The minimum atomic E-state index is -3.65. The molecule has 21 heavy (non-hydrogen) atoms. The van der Waals surface area contributed by atoms with Crippen molar-refractivity contribution in [1.29, 1.82) is 0 Å². The second-order valence-corrected chi connectivity index (χ2v) is 7.76. The highest BCUT2D eigenvalue weighted by atomic mass is 32.2. The van der Waals surface area contributed by atoms with Crippen molar-refractivity contribution in [2.24, 2.45) is 5.92 Å². The maximum Gasteiger partial charge on any atom is 0.241 e. The third-order valence-electron chi connectivity index (χ3n) is 4.51. The van der Waals surface area contributed by atoms with E-state index in [4.69, 9.17) is 0 Å². The topological polar surface area (TPSA) is 66.4 Å². The van der Waals surface area contributed by atoms with Gasteiger partial charge in [0.25, 0.3) is 0 Å². The number of hydrogen-bond donors (Lipinski definition) is 2. The highest BCUT2D eigenvalue weighted by Crippen LogP contribution is 2.29. The Morgan fingerprint density at radius 3 is 1.62 bits per heavy atom. The maximum atomic E-state index is 12.7. The van der Waals surface area contributed by atoms with Gasteiger partial charge in [-0.05, 0) is 68.4 Å². The fraction of sp³-hybridized carbons (Fsp3) is 0.625. The molecular weight excluding hydrogens is 286 g/mol. The zero-order chi connectivity index (χ0) is 16.5. The average Bonchev–Trinajstić information content (AvgIpc) is 2.40. The van der Waals surface area contributed by atoms with Gasteiger partial charge in [0.2, 0.25) is 10.0 Å². The van der Waals surface area contributed by atoms with Gasteiger partial charge < -0.3 is 5.11 Å². The monoisotopic (exact) mass is 313 g/mol. The Morgan fingerprint density at radius 1 is 0.905 bits per heavy atom. The van der Waals surface area contributed by atoms with Gasteiger partial charge in [-0.25, -0.2) is 13.1 Å². The van der Waals surface area contributed by atoms with Gasteiger partial charge >= 0.3 is 0 Å². The van der Waals surface area contributed by atoms with Gasteiger partial charge in [0.05, 0.1) is 11.5 Å². The predicted octanol–water partition coefficient (Wildman–Crippen LogP) is 2.52. The second kappa shape index (κ2) is 6.46. The normalized spacial score (nSPS) is 13.8. The molecule has 0 saturated heterocycles. The van der Waals surface area contributed by atoms with E-state index in [1.807, 2.05) is 48.5 Å². The number of aliphatic hydroxyl groups excluding tert-OH is 1. The molecule has 0 aliphatic rings. The van der Waals surface area contributed by atoms with Gasteiger partial charge in [0, 0.05) is 6.04 Å². The van der Waals surface area contributed by atoms with E-state index in [2.05, 4.69) is 4.72 Å². The summed E-state index contributed by atoms with van der Waals surface area (Å²) in [6.07, 6.45) is 0. The molecule has 0 aliphatic carbocycles. The molecule has 0 bridgehead atoms. The van der Waals surface area contributed by atoms with Crippen molar-refractivity contribution in [2.75, 3.05) is 6.61 Å². The third kappa shape index (κ3) is 3.47. The molecule has 0 radical (unpaired) electrons. The van der Waals surface area contributed by atoms with Crippen LogP contribution in [0.15, 0.2) is 4.90 Å². The molecule has 2 N–H and O–H groups in total. The van der Waals surface area contributed by atoms with Crippen LogP contribution in [0, 0.1) is 40.5 Å². The lowest BCUT2D eigenvalue weighted by Gasteiger charge is -2.23. The van der Waals surface area contributed by atoms with E-state index in [0.29, 0.717) is 4.90 Å². The molecule has 120 valence electrons. The quantitative estimate of drug-likeness (QED) is 0.878. The Bertz CT molecular complexity index is 604. The zero-order valence-corrected chi connectivity index (χ0v) is 14.9. The SMILES string of the molecule is Cc1c(C)c(C)c(S(=O)(=O)NC(CO)C(C)C)c(C)c1C. The molecule has 0 aliphatic heterocycles. The van der Waals surface area contributed by atoms with Crippen LogP contribution in [0.5, 0.6) is 0 Å². The van der Waals surface area contributed by atoms with E-state index in [0.717, 1.165) is 27.8 Å². The lowest BCUT2D eigenvalue weighted by Crippen LogP contribution is -2.41. The molecule has 0 spiro atoms. The molecular formula is C16H27NO3S. The van der Waals surface area contributed by atoms with Crippen LogP contribution in [0.3, 0.4) is 0 Å². The molecule has 0 heterocycles. The summed E-state index contributed by atoms with van der Waals surface area (Å²) in [5, 5.41) is 9.37. The van der Waals surface area contributed by atoms with Gasteiger partial charge in [0.15, 0.2) is 0 Å². The fourth-order valence-electron chi connectivity index (χ4n) is 2.51. The van der Waals surface area contributed by atoms with Crippen LogP contribution in [0.4, 0.5) is 0 Å². The molecule has 0 saturated carbocycles. The molecule has 0 aromatic heterocycles. The first kappa shape index (κ1) is 18.1. The molecule has 4 nitrogen and oxygen atoms in total. The van der Waals surface area contributed by atoms with E-state index in [1.54, 1.807) is 0 Å². The molecule has 1 atom stereocenters. The highest BCUT2D eigenvalue weighted by molar-refractivity contribution is 7.89. The predicted molar refractivity (Wildman–Crippen MR) is 86.2 cm³/mol. The molecule has 1 aromatic rings. The Hall–Kier alpha value is -0.910. The molecule has 5 heteroatoms. The summed E-state index contributed by atoms with van der Waals surface area (Å²) < 4.78 is 28.1. The zero-order valence-electron chi connectivity index (χ0n) is 14.0. The number of benzene rings is 1. The fourth-order valence-corrected chi connectivity index (χ4v) is 4.49. The summed E-state index contributed by atoms with van der Waals surface area (Å²) >= 11 is 0. The maximum absolute atomic E-state index is 12.7. The van der Waals surface area contributed by atoms with Gasteiger partial charge in [0.1, 0.15) is 0 Å². The summed E-state index contributed by atoms with van der Waals surface area (Å²) in [7, 11) is -3.65. The van der Waals surface area contributed by atoms with Crippen molar-refractivity contribution in [3.8, 4) is 0 Å². The molecule has 1 rings (SSSR count). The second-order valence-electron chi connectivity index (χ2n) is 6.11. The van der Waals surface area contributed by atoms with E-state index in [1.165, 1.54) is 0 Å². The third-order valence-corrected chi connectivity index (χ3v) is 6.27. The minimum Gasteiger partial charge on any atom is -0.395 e. The summed E-state index contributed by atoms with van der Waals surface area (Å²) in [4.78, 5) is 0.349. The van der Waals surface area contributed by atoms with E-state index in [9.17, 15) is 13.5 Å². The van der Waals surface area contributed by atoms with Crippen LogP contribution in [-0.4, -0.2) is 26.2 Å².